The molecule has 8 heteroatoms. The van der Waals surface area contributed by atoms with E-state index >= 15 is 0 Å². The minimum atomic E-state index is -0.130. The van der Waals surface area contributed by atoms with Crippen LogP contribution in [0.25, 0.3) is 0 Å². The van der Waals surface area contributed by atoms with Gasteiger partial charge >= 0.3 is 0 Å². The number of carbonyl (C=O) groups is 1. The lowest BCUT2D eigenvalue weighted by Crippen LogP contribution is -2.19. The number of nitrogens with one attached hydrogen (secondary N) is 3. The summed E-state index contributed by atoms with van der Waals surface area (Å²) in [6, 6.07) is 19.9. The van der Waals surface area contributed by atoms with Crippen LogP contribution in [0.3, 0.4) is 0 Å². The highest BCUT2D eigenvalue weighted by Crippen LogP contribution is 2.39. The van der Waals surface area contributed by atoms with Crippen LogP contribution in [0.5, 0.6) is 11.5 Å². The van der Waals surface area contributed by atoms with E-state index in [1.807, 2.05) is 30.3 Å². The number of hydrogen-bond donors (Lipinski definition) is 3. The van der Waals surface area contributed by atoms with Crippen LogP contribution in [0.2, 0.25) is 10.0 Å². The molecule has 3 aromatic rings. The second kappa shape index (κ2) is 9.60. The second-order valence-corrected chi connectivity index (χ2v) is 7.16. The minimum Gasteiger partial charge on any atom is -0.456 e. The first-order chi connectivity index (χ1) is 13.9. The average Bonchev–Trinajstić information content (AvgIpc) is 2.70. The van der Waals surface area contributed by atoms with Gasteiger partial charge in [0, 0.05) is 18.3 Å². The molecule has 3 N–H and O–H groups in total. The normalized spacial score (nSPS) is 10.2. The fourth-order valence-corrected chi connectivity index (χ4v) is 3.08. The van der Waals surface area contributed by atoms with E-state index < -0.39 is 0 Å². The van der Waals surface area contributed by atoms with Gasteiger partial charge in [-0.3, -0.25) is 4.79 Å². The Balaban J connectivity index is 1.65. The molecule has 0 unspecified atom stereocenters. The Hall–Kier alpha value is -2.80. The van der Waals surface area contributed by atoms with E-state index in [2.05, 4.69) is 16.0 Å². The zero-order chi connectivity index (χ0) is 20.8. The Kier molecular flexibility index (Phi) is 6.93. The van der Waals surface area contributed by atoms with Gasteiger partial charge in [-0.25, -0.2) is 0 Å². The van der Waals surface area contributed by atoms with Crippen molar-refractivity contribution in [1.29, 1.82) is 0 Å². The average molecular weight is 446 g/mol. The molecule has 0 aliphatic heterocycles. The number of rotatable bonds is 5. The van der Waals surface area contributed by atoms with E-state index in [-0.39, 0.29) is 10.9 Å². The number of para-hydroxylation sites is 1. The van der Waals surface area contributed by atoms with Crippen LogP contribution < -0.4 is 20.7 Å². The molecule has 0 saturated heterocycles. The minimum absolute atomic E-state index is 0.130. The van der Waals surface area contributed by atoms with Crippen LogP contribution >= 0.6 is 35.4 Å². The number of anilines is 3. The van der Waals surface area contributed by atoms with Gasteiger partial charge in [0.05, 0.1) is 10.7 Å². The van der Waals surface area contributed by atoms with E-state index in [4.69, 9.17) is 40.2 Å². The first kappa shape index (κ1) is 20.9. The zero-order valence-corrected chi connectivity index (χ0v) is 17.7. The van der Waals surface area contributed by atoms with Gasteiger partial charge < -0.3 is 20.7 Å². The molecule has 0 fully saturated rings. The SMILES string of the molecule is CC(=O)Nc1ccc(NC(=S)Nc2ccc(Oc3ccccc3)c(Cl)c2Cl)cc1. The molecule has 0 radical (unpaired) electrons. The van der Waals surface area contributed by atoms with Crippen LogP contribution in [0, 0.1) is 0 Å². The molecule has 0 spiro atoms. The van der Waals surface area contributed by atoms with Crippen molar-refractivity contribution < 1.29 is 9.53 Å². The van der Waals surface area contributed by atoms with Crippen molar-refractivity contribution in [3.8, 4) is 11.5 Å². The highest BCUT2D eigenvalue weighted by Gasteiger charge is 2.13. The first-order valence-corrected chi connectivity index (χ1v) is 9.75. The predicted octanol–water partition coefficient (Wildman–Crippen LogP) is 6.55. The molecule has 0 aromatic heterocycles. The van der Waals surface area contributed by atoms with E-state index in [0.29, 0.717) is 33.0 Å². The Morgan fingerprint density at radius 2 is 1.45 bits per heavy atom. The van der Waals surface area contributed by atoms with E-state index in [0.717, 1.165) is 5.69 Å². The maximum atomic E-state index is 11.1. The van der Waals surface area contributed by atoms with Gasteiger partial charge in [-0.05, 0) is 60.7 Å². The Labute approximate surface area is 184 Å². The van der Waals surface area contributed by atoms with Gasteiger partial charge in [-0.1, -0.05) is 41.4 Å². The van der Waals surface area contributed by atoms with Crippen molar-refractivity contribution in [1.82, 2.24) is 0 Å². The monoisotopic (exact) mass is 445 g/mol. The van der Waals surface area contributed by atoms with Crippen LogP contribution in [0.15, 0.2) is 66.7 Å². The third-order valence-electron chi connectivity index (χ3n) is 3.73. The van der Waals surface area contributed by atoms with Crippen LogP contribution in [-0.4, -0.2) is 11.0 Å². The Morgan fingerprint density at radius 3 is 2.07 bits per heavy atom. The van der Waals surface area contributed by atoms with Crippen LogP contribution in [0.1, 0.15) is 6.92 Å². The molecule has 29 heavy (non-hydrogen) atoms. The highest BCUT2D eigenvalue weighted by molar-refractivity contribution is 7.80. The summed E-state index contributed by atoms with van der Waals surface area (Å²) in [6.45, 7) is 1.45. The lowest BCUT2D eigenvalue weighted by molar-refractivity contribution is -0.114. The zero-order valence-electron chi connectivity index (χ0n) is 15.3. The molecule has 5 nitrogen and oxygen atoms in total. The molecule has 0 saturated carbocycles. The molecule has 1 amide bonds. The molecule has 0 heterocycles. The summed E-state index contributed by atoms with van der Waals surface area (Å²) in [4.78, 5) is 11.1. The third-order valence-corrected chi connectivity index (χ3v) is 4.80. The molecular formula is C21H17Cl2N3O2S. The quantitative estimate of drug-likeness (QED) is 0.388. The molecule has 3 rings (SSSR count). The molecular weight excluding hydrogens is 429 g/mol. The first-order valence-electron chi connectivity index (χ1n) is 8.59. The maximum Gasteiger partial charge on any atom is 0.221 e. The fraction of sp³-hybridized carbons (Fsp3) is 0.0476. The van der Waals surface area contributed by atoms with Gasteiger partial charge in [-0.2, -0.15) is 0 Å². The van der Waals surface area contributed by atoms with Crippen molar-refractivity contribution in [2.75, 3.05) is 16.0 Å². The number of benzene rings is 3. The molecule has 0 bridgehead atoms. The number of thiocarbonyl (C=S) groups is 1. The summed E-state index contributed by atoms with van der Waals surface area (Å²) in [5, 5.41) is 9.68. The molecule has 148 valence electrons. The standard InChI is InChI=1S/C21H17Cl2N3O2S/c1-13(27)24-14-7-9-15(10-8-14)25-21(29)26-17-11-12-18(20(23)19(17)22)28-16-5-3-2-4-6-16/h2-12H,1H3,(H,24,27)(H2,25,26,29). The van der Waals surface area contributed by atoms with Gasteiger partial charge in [-0.15, -0.1) is 0 Å². The lowest BCUT2D eigenvalue weighted by atomic mass is 10.2. The summed E-state index contributed by atoms with van der Waals surface area (Å²) >= 11 is 18.1. The summed E-state index contributed by atoms with van der Waals surface area (Å²) in [5.74, 6) is 0.973. The van der Waals surface area contributed by atoms with E-state index in [9.17, 15) is 4.79 Å². The van der Waals surface area contributed by atoms with Crippen molar-refractivity contribution in [3.05, 3.63) is 76.8 Å². The largest absolute Gasteiger partial charge is 0.456 e. The summed E-state index contributed by atoms with van der Waals surface area (Å²) in [6.07, 6.45) is 0. The molecule has 0 aliphatic rings. The summed E-state index contributed by atoms with van der Waals surface area (Å²) < 4.78 is 5.76. The number of amides is 1. The van der Waals surface area contributed by atoms with Gasteiger partial charge in [0.15, 0.2) is 5.11 Å². The number of carbonyl (C=O) groups excluding carboxylic acids is 1. The van der Waals surface area contributed by atoms with Gasteiger partial charge in [0.2, 0.25) is 5.91 Å². The maximum absolute atomic E-state index is 11.1. The third kappa shape index (κ3) is 5.84. The van der Waals surface area contributed by atoms with E-state index in [1.165, 1.54) is 6.92 Å². The number of ether oxygens (including phenoxy) is 1. The van der Waals surface area contributed by atoms with Crippen LogP contribution in [0.4, 0.5) is 17.1 Å². The van der Waals surface area contributed by atoms with Crippen molar-refractivity contribution in [2.45, 2.75) is 6.92 Å². The topological polar surface area (TPSA) is 62.4 Å². The van der Waals surface area contributed by atoms with Crippen molar-refractivity contribution in [3.63, 3.8) is 0 Å². The van der Waals surface area contributed by atoms with Gasteiger partial charge in [0.1, 0.15) is 16.5 Å². The summed E-state index contributed by atoms with van der Waals surface area (Å²) in [7, 11) is 0. The molecule has 0 atom stereocenters. The Morgan fingerprint density at radius 1 is 0.828 bits per heavy atom. The smallest absolute Gasteiger partial charge is 0.221 e. The fourth-order valence-electron chi connectivity index (χ4n) is 2.45. The lowest BCUT2D eigenvalue weighted by Gasteiger charge is -2.15. The van der Waals surface area contributed by atoms with Crippen molar-refractivity contribution >= 4 is 63.5 Å². The molecule has 0 aliphatic carbocycles. The Bertz CT molecular complexity index is 1030. The molecule has 3 aromatic carbocycles. The van der Waals surface area contributed by atoms with Crippen LogP contribution in [-0.2, 0) is 4.79 Å². The highest BCUT2D eigenvalue weighted by atomic mass is 35.5. The predicted molar refractivity (Wildman–Crippen MR) is 124 cm³/mol. The van der Waals surface area contributed by atoms with Gasteiger partial charge in [0.25, 0.3) is 0 Å². The van der Waals surface area contributed by atoms with Crippen molar-refractivity contribution in [2.24, 2.45) is 0 Å². The number of halogens is 2. The second-order valence-electron chi connectivity index (χ2n) is 5.99. The number of hydrogen-bond acceptors (Lipinski definition) is 3. The van der Waals surface area contributed by atoms with E-state index in [1.54, 1.807) is 36.4 Å². The summed E-state index contributed by atoms with van der Waals surface area (Å²) in [5.41, 5.74) is 2.00.